The Morgan fingerprint density at radius 1 is 1.06 bits per heavy atom. The van der Waals surface area contributed by atoms with Gasteiger partial charge in [0.2, 0.25) is 0 Å². The summed E-state index contributed by atoms with van der Waals surface area (Å²) < 4.78 is 0. The molecule has 0 aliphatic carbocycles. The van der Waals surface area contributed by atoms with Crippen LogP contribution >= 0.6 is 0 Å². The predicted molar refractivity (Wildman–Crippen MR) is 66.1 cm³/mol. The van der Waals surface area contributed by atoms with Crippen molar-refractivity contribution < 1.29 is 10.2 Å². The Balaban J connectivity index is 3.16. The van der Waals surface area contributed by atoms with Crippen molar-refractivity contribution in [2.24, 2.45) is 5.92 Å². The van der Waals surface area contributed by atoms with Crippen molar-refractivity contribution in [2.75, 3.05) is 0 Å². The lowest BCUT2D eigenvalue weighted by Gasteiger charge is -2.40. The third-order valence-corrected chi connectivity index (χ3v) is 2.97. The normalized spacial score (nSPS) is 16.2. The van der Waals surface area contributed by atoms with Crippen LogP contribution in [0.3, 0.4) is 0 Å². The van der Waals surface area contributed by atoms with Crippen molar-refractivity contribution in [1.82, 2.24) is 0 Å². The van der Waals surface area contributed by atoms with E-state index in [1.54, 1.807) is 13.8 Å². The molecule has 16 heavy (non-hydrogen) atoms. The molecule has 2 heteroatoms. The minimum atomic E-state index is -1.19. The zero-order valence-corrected chi connectivity index (χ0v) is 10.6. The average Bonchev–Trinajstić information content (AvgIpc) is 2.16. The van der Waals surface area contributed by atoms with Gasteiger partial charge >= 0.3 is 0 Å². The van der Waals surface area contributed by atoms with Crippen LogP contribution in [0.4, 0.5) is 0 Å². The summed E-state index contributed by atoms with van der Waals surface area (Å²) in [5, 5.41) is 20.9. The summed E-state index contributed by atoms with van der Waals surface area (Å²) in [5.74, 6) is 0.316. The number of hydrogen-bond acceptors (Lipinski definition) is 2. The van der Waals surface area contributed by atoms with Crippen LogP contribution < -0.4 is 0 Å². The molecule has 2 nitrogen and oxygen atoms in total. The summed E-state index contributed by atoms with van der Waals surface area (Å²) in [6.45, 7) is 7.39. The molecule has 1 aromatic carbocycles. The minimum absolute atomic E-state index is 0.316. The summed E-state index contributed by atoms with van der Waals surface area (Å²) >= 11 is 0. The van der Waals surface area contributed by atoms with E-state index in [9.17, 15) is 10.2 Å². The van der Waals surface area contributed by atoms with Crippen LogP contribution in [-0.2, 0) is 5.60 Å². The Labute approximate surface area is 97.9 Å². The monoisotopic (exact) mass is 222 g/mol. The highest BCUT2D eigenvalue weighted by Gasteiger charge is 2.43. The first-order valence-electron chi connectivity index (χ1n) is 5.77. The van der Waals surface area contributed by atoms with Crippen LogP contribution in [-0.4, -0.2) is 15.8 Å². The van der Waals surface area contributed by atoms with Crippen LogP contribution in [0.15, 0.2) is 30.3 Å². The number of hydrogen-bond donors (Lipinski definition) is 2. The highest BCUT2D eigenvalue weighted by molar-refractivity contribution is 5.25. The summed E-state index contributed by atoms with van der Waals surface area (Å²) in [6, 6.07) is 9.39. The summed E-state index contributed by atoms with van der Waals surface area (Å²) in [6.07, 6.45) is 0.542. The van der Waals surface area contributed by atoms with Gasteiger partial charge in [-0.15, -0.1) is 0 Å². The molecule has 0 aliphatic rings. The van der Waals surface area contributed by atoms with Crippen molar-refractivity contribution in [3.05, 3.63) is 35.9 Å². The molecule has 0 heterocycles. The molecule has 0 aromatic heterocycles. The maximum absolute atomic E-state index is 10.7. The van der Waals surface area contributed by atoms with E-state index in [4.69, 9.17) is 0 Å². The number of rotatable bonds is 4. The van der Waals surface area contributed by atoms with Gasteiger partial charge in [-0.1, -0.05) is 44.2 Å². The topological polar surface area (TPSA) is 40.5 Å². The molecule has 0 spiro atoms. The van der Waals surface area contributed by atoms with Crippen molar-refractivity contribution in [3.8, 4) is 0 Å². The Kier molecular flexibility index (Phi) is 3.76. The third kappa shape index (κ3) is 2.63. The molecule has 1 rings (SSSR count). The van der Waals surface area contributed by atoms with Gasteiger partial charge in [-0.25, -0.2) is 0 Å². The maximum Gasteiger partial charge on any atom is 0.118 e. The molecule has 1 atom stereocenters. The van der Waals surface area contributed by atoms with Crippen LogP contribution in [0.5, 0.6) is 0 Å². The lowest BCUT2D eigenvalue weighted by molar-refractivity contribution is -0.147. The molecular formula is C14H22O2. The van der Waals surface area contributed by atoms with E-state index in [1.165, 1.54) is 0 Å². The van der Waals surface area contributed by atoms with Gasteiger partial charge in [-0.2, -0.15) is 0 Å². The lowest BCUT2D eigenvalue weighted by Crippen LogP contribution is -2.48. The first kappa shape index (κ1) is 13.2. The van der Waals surface area contributed by atoms with Gasteiger partial charge < -0.3 is 10.2 Å². The molecule has 0 unspecified atom stereocenters. The lowest BCUT2D eigenvalue weighted by atomic mass is 9.75. The SMILES string of the molecule is CC(C)C[C@@](O)(c1ccccc1)C(C)(C)O. The molecule has 0 bridgehead atoms. The van der Waals surface area contributed by atoms with Crippen molar-refractivity contribution in [3.63, 3.8) is 0 Å². The highest BCUT2D eigenvalue weighted by atomic mass is 16.4. The quantitative estimate of drug-likeness (QED) is 0.822. The first-order chi connectivity index (χ1) is 7.27. The second-order valence-corrected chi connectivity index (χ2v) is 5.38. The highest BCUT2D eigenvalue weighted by Crippen LogP contribution is 2.38. The Morgan fingerprint density at radius 3 is 1.94 bits per heavy atom. The van der Waals surface area contributed by atoms with Crippen LogP contribution in [0.1, 0.15) is 39.7 Å². The van der Waals surface area contributed by atoms with Gasteiger partial charge in [0, 0.05) is 0 Å². The summed E-state index contributed by atoms with van der Waals surface area (Å²) in [5.41, 5.74) is -1.57. The molecule has 0 radical (unpaired) electrons. The second-order valence-electron chi connectivity index (χ2n) is 5.38. The maximum atomic E-state index is 10.7. The van der Waals surface area contributed by atoms with E-state index in [1.807, 2.05) is 44.2 Å². The summed E-state index contributed by atoms with van der Waals surface area (Å²) in [7, 11) is 0. The largest absolute Gasteiger partial charge is 0.387 e. The number of benzene rings is 1. The Morgan fingerprint density at radius 2 is 1.56 bits per heavy atom. The molecule has 0 fully saturated rings. The standard InChI is InChI=1S/C14H22O2/c1-11(2)10-14(16,13(3,4)15)12-8-6-5-7-9-12/h5-9,11,15-16H,10H2,1-4H3/t14-/m1/s1. The van der Waals surface area contributed by atoms with Crippen LogP contribution in [0.2, 0.25) is 0 Å². The second kappa shape index (κ2) is 4.56. The zero-order chi connectivity index (χ0) is 12.4. The molecule has 90 valence electrons. The van der Waals surface area contributed by atoms with Crippen molar-refractivity contribution in [1.29, 1.82) is 0 Å². The Hall–Kier alpha value is -0.860. The predicted octanol–water partition coefficient (Wildman–Crippen LogP) is 2.69. The molecule has 0 saturated heterocycles. The van der Waals surface area contributed by atoms with Crippen molar-refractivity contribution in [2.45, 2.75) is 45.3 Å². The third-order valence-electron chi connectivity index (χ3n) is 2.97. The van der Waals surface area contributed by atoms with Gasteiger partial charge in [0.1, 0.15) is 5.60 Å². The van der Waals surface area contributed by atoms with Gasteiger partial charge in [0.15, 0.2) is 0 Å². The van der Waals surface area contributed by atoms with E-state index in [0.29, 0.717) is 12.3 Å². The Bertz CT molecular complexity index is 324. The molecular weight excluding hydrogens is 200 g/mol. The molecule has 0 aliphatic heterocycles. The summed E-state index contributed by atoms with van der Waals surface area (Å²) in [4.78, 5) is 0. The van der Waals surface area contributed by atoms with E-state index in [-0.39, 0.29) is 0 Å². The van der Waals surface area contributed by atoms with Crippen LogP contribution in [0.25, 0.3) is 0 Å². The molecule has 1 aromatic rings. The fourth-order valence-corrected chi connectivity index (χ4v) is 2.03. The first-order valence-corrected chi connectivity index (χ1v) is 5.77. The van der Waals surface area contributed by atoms with E-state index >= 15 is 0 Å². The van der Waals surface area contributed by atoms with Gasteiger partial charge in [0.25, 0.3) is 0 Å². The fraction of sp³-hybridized carbons (Fsp3) is 0.571. The van der Waals surface area contributed by atoms with Gasteiger partial charge in [0.05, 0.1) is 5.60 Å². The van der Waals surface area contributed by atoms with E-state index in [2.05, 4.69) is 0 Å². The molecule has 0 amide bonds. The van der Waals surface area contributed by atoms with E-state index < -0.39 is 11.2 Å². The van der Waals surface area contributed by atoms with Crippen LogP contribution in [0, 0.1) is 5.92 Å². The smallest absolute Gasteiger partial charge is 0.118 e. The van der Waals surface area contributed by atoms with Gasteiger partial charge in [-0.3, -0.25) is 0 Å². The average molecular weight is 222 g/mol. The zero-order valence-electron chi connectivity index (χ0n) is 10.6. The molecule has 2 N–H and O–H groups in total. The van der Waals surface area contributed by atoms with E-state index in [0.717, 1.165) is 5.56 Å². The van der Waals surface area contributed by atoms with Gasteiger partial charge in [-0.05, 0) is 31.7 Å². The molecule has 0 saturated carbocycles. The number of aliphatic hydroxyl groups is 2. The minimum Gasteiger partial charge on any atom is -0.387 e. The van der Waals surface area contributed by atoms with Crippen molar-refractivity contribution >= 4 is 0 Å². The fourth-order valence-electron chi connectivity index (χ4n) is 2.03.